The summed E-state index contributed by atoms with van der Waals surface area (Å²) in [4.78, 5) is 38.6. The Kier molecular flexibility index (Phi) is 9.45. The van der Waals surface area contributed by atoms with Crippen LogP contribution in [0.4, 0.5) is 5.69 Å². The summed E-state index contributed by atoms with van der Waals surface area (Å²) in [6.45, 7) is 0.530. The van der Waals surface area contributed by atoms with Gasteiger partial charge in [-0.25, -0.2) is 4.79 Å². The van der Waals surface area contributed by atoms with Gasteiger partial charge in [0.2, 0.25) is 5.91 Å². The molecular formula is C24H23IN2O4S2. The van der Waals surface area contributed by atoms with Crippen LogP contribution in [-0.4, -0.2) is 40.7 Å². The third-order valence-electron chi connectivity index (χ3n) is 4.90. The Morgan fingerprint density at radius 1 is 1.15 bits per heavy atom. The Bertz CT molecular complexity index is 1090. The van der Waals surface area contributed by atoms with Gasteiger partial charge in [-0.15, -0.1) is 0 Å². The van der Waals surface area contributed by atoms with Crippen LogP contribution < -0.4 is 5.32 Å². The van der Waals surface area contributed by atoms with Gasteiger partial charge in [-0.05, 0) is 77.4 Å². The van der Waals surface area contributed by atoms with Crippen LogP contribution >= 0.6 is 46.6 Å². The minimum absolute atomic E-state index is 0.0104. The highest BCUT2D eigenvalue weighted by atomic mass is 127. The monoisotopic (exact) mass is 594 g/mol. The highest BCUT2D eigenvalue weighted by Crippen LogP contribution is 2.32. The van der Waals surface area contributed by atoms with Crippen LogP contribution in [0.2, 0.25) is 0 Å². The van der Waals surface area contributed by atoms with Crippen LogP contribution in [0.15, 0.2) is 53.4 Å². The van der Waals surface area contributed by atoms with E-state index in [0.717, 1.165) is 34.1 Å². The lowest BCUT2D eigenvalue weighted by Crippen LogP contribution is -2.29. The van der Waals surface area contributed by atoms with Crippen LogP contribution in [0.5, 0.6) is 0 Å². The van der Waals surface area contributed by atoms with Gasteiger partial charge in [-0.2, -0.15) is 0 Å². The Morgan fingerprint density at radius 3 is 2.61 bits per heavy atom. The number of esters is 1. The number of carbonyl (C=O) groups excluding carboxylic acids is 3. The standard InChI is InChI=1S/C24H23IN2O4S2/c1-31-23(30)17-11-9-16(10-12-17)14-20-22(29)27(24(32)33-20)13-4-2-3-8-21(28)26-19-7-5-6-18(25)15-19/h5-7,9-12,14-15H,2-4,8,13H2,1H3,(H,26,28)/b20-14-. The fraction of sp³-hybridized carbons (Fsp3) is 0.250. The normalized spacial score (nSPS) is 14.6. The molecule has 1 aliphatic rings. The van der Waals surface area contributed by atoms with Crippen molar-refractivity contribution in [2.24, 2.45) is 0 Å². The van der Waals surface area contributed by atoms with Crippen LogP contribution in [0.3, 0.4) is 0 Å². The summed E-state index contributed by atoms with van der Waals surface area (Å²) in [6, 6.07) is 14.5. The predicted octanol–water partition coefficient (Wildman–Crippen LogP) is 5.48. The minimum atomic E-state index is -0.403. The van der Waals surface area contributed by atoms with E-state index in [1.54, 1.807) is 35.2 Å². The number of hydrogen-bond donors (Lipinski definition) is 1. The Balaban J connectivity index is 1.44. The number of benzene rings is 2. The van der Waals surface area contributed by atoms with Crippen LogP contribution in [-0.2, 0) is 14.3 Å². The number of rotatable bonds is 9. The van der Waals surface area contributed by atoms with Crippen molar-refractivity contribution in [1.29, 1.82) is 0 Å². The molecule has 0 saturated carbocycles. The molecule has 0 bridgehead atoms. The van der Waals surface area contributed by atoms with Crippen molar-refractivity contribution in [1.82, 2.24) is 4.90 Å². The number of unbranched alkanes of at least 4 members (excludes halogenated alkanes) is 2. The van der Waals surface area contributed by atoms with Gasteiger partial charge in [0.25, 0.3) is 5.91 Å². The van der Waals surface area contributed by atoms with Crippen LogP contribution in [0, 0.1) is 3.57 Å². The molecule has 0 atom stereocenters. The molecule has 1 fully saturated rings. The Hall–Kier alpha value is -2.24. The zero-order valence-electron chi connectivity index (χ0n) is 18.0. The molecule has 33 heavy (non-hydrogen) atoms. The van der Waals surface area contributed by atoms with Gasteiger partial charge in [0, 0.05) is 22.2 Å². The lowest BCUT2D eigenvalue weighted by atomic mass is 10.1. The number of hydrogen-bond acceptors (Lipinski definition) is 6. The highest BCUT2D eigenvalue weighted by Gasteiger charge is 2.31. The van der Waals surface area contributed by atoms with E-state index in [4.69, 9.17) is 17.0 Å². The molecule has 2 aromatic carbocycles. The Labute approximate surface area is 216 Å². The van der Waals surface area contributed by atoms with Crippen molar-refractivity contribution in [2.45, 2.75) is 25.7 Å². The molecular weight excluding hydrogens is 571 g/mol. The van der Waals surface area contributed by atoms with Crippen LogP contribution in [0.1, 0.15) is 41.6 Å². The number of methoxy groups -OCH3 is 1. The first kappa shape index (κ1) is 25.4. The second kappa shape index (κ2) is 12.3. The van der Waals surface area contributed by atoms with Crippen molar-refractivity contribution in [3.05, 3.63) is 68.1 Å². The molecule has 1 saturated heterocycles. The molecule has 2 aromatic rings. The van der Waals surface area contributed by atoms with Crippen molar-refractivity contribution in [3.63, 3.8) is 0 Å². The molecule has 6 nitrogen and oxygen atoms in total. The molecule has 0 unspecified atom stereocenters. The molecule has 1 aliphatic heterocycles. The summed E-state index contributed by atoms with van der Waals surface area (Å²) in [5.41, 5.74) is 2.06. The van der Waals surface area contributed by atoms with E-state index in [0.29, 0.717) is 27.8 Å². The maximum Gasteiger partial charge on any atom is 0.337 e. The molecule has 3 rings (SSSR count). The number of nitrogens with zero attached hydrogens (tertiary/aromatic N) is 1. The smallest absolute Gasteiger partial charge is 0.337 e. The predicted molar refractivity (Wildman–Crippen MR) is 144 cm³/mol. The average molecular weight is 594 g/mol. The largest absolute Gasteiger partial charge is 0.465 e. The summed E-state index contributed by atoms with van der Waals surface area (Å²) >= 11 is 8.87. The molecule has 1 N–H and O–H groups in total. The third kappa shape index (κ3) is 7.38. The quantitative estimate of drug-likeness (QED) is 0.136. The number of amides is 2. The third-order valence-corrected chi connectivity index (χ3v) is 6.95. The van der Waals surface area contributed by atoms with Gasteiger partial charge in [0.05, 0.1) is 17.6 Å². The molecule has 0 radical (unpaired) electrons. The fourth-order valence-corrected chi connectivity index (χ4v) is 5.05. The zero-order chi connectivity index (χ0) is 23.8. The number of nitrogens with one attached hydrogen (secondary N) is 1. The van der Waals surface area contributed by atoms with E-state index in [1.165, 1.54) is 18.9 Å². The van der Waals surface area contributed by atoms with Gasteiger partial charge >= 0.3 is 5.97 Å². The van der Waals surface area contributed by atoms with Crippen molar-refractivity contribution in [3.8, 4) is 0 Å². The van der Waals surface area contributed by atoms with E-state index >= 15 is 0 Å². The molecule has 1 heterocycles. The number of carbonyl (C=O) groups is 3. The summed E-state index contributed by atoms with van der Waals surface area (Å²) in [7, 11) is 1.33. The number of thiocarbonyl (C=S) groups is 1. The van der Waals surface area contributed by atoms with Crippen molar-refractivity contribution < 1.29 is 19.1 Å². The number of halogens is 1. The van der Waals surface area contributed by atoms with Crippen LogP contribution in [0.25, 0.3) is 6.08 Å². The molecule has 0 aromatic heterocycles. The zero-order valence-corrected chi connectivity index (χ0v) is 21.8. The van der Waals surface area contributed by atoms with Gasteiger partial charge in [0.15, 0.2) is 0 Å². The number of anilines is 1. The first-order valence-corrected chi connectivity index (χ1v) is 12.7. The second-order valence-corrected chi connectivity index (χ2v) is 10.2. The molecule has 0 spiro atoms. The van der Waals surface area contributed by atoms with Gasteiger partial charge in [-0.1, -0.05) is 48.6 Å². The molecule has 9 heteroatoms. The van der Waals surface area contributed by atoms with Crippen molar-refractivity contribution in [2.75, 3.05) is 19.0 Å². The van der Waals surface area contributed by atoms with E-state index in [9.17, 15) is 14.4 Å². The summed E-state index contributed by atoms with van der Waals surface area (Å²) < 4.78 is 6.30. The van der Waals surface area contributed by atoms with Gasteiger partial charge in [0.1, 0.15) is 4.32 Å². The maximum absolute atomic E-state index is 12.8. The van der Waals surface area contributed by atoms with Gasteiger partial charge < -0.3 is 10.1 Å². The highest BCUT2D eigenvalue weighted by molar-refractivity contribution is 14.1. The first-order valence-electron chi connectivity index (χ1n) is 10.4. The van der Waals surface area contributed by atoms with Gasteiger partial charge in [-0.3, -0.25) is 14.5 Å². The molecule has 2 amide bonds. The van der Waals surface area contributed by atoms with E-state index in [2.05, 4.69) is 27.9 Å². The fourth-order valence-electron chi connectivity index (χ4n) is 3.20. The SMILES string of the molecule is COC(=O)c1ccc(/C=C2\SC(=S)N(CCCCCC(=O)Nc3cccc(I)c3)C2=O)cc1. The Morgan fingerprint density at radius 2 is 1.91 bits per heavy atom. The maximum atomic E-state index is 12.8. The molecule has 172 valence electrons. The van der Waals surface area contributed by atoms with E-state index in [-0.39, 0.29) is 11.8 Å². The topological polar surface area (TPSA) is 75.7 Å². The van der Waals surface area contributed by atoms with E-state index in [1.807, 2.05) is 24.3 Å². The second-order valence-electron chi connectivity index (χ2n) is 7.32. The molecule has 0 aliphatic carbocycles. The lowest BCUT2D eigenvalue weighted by Gasteiger charge is -2.14. The summed E-state index contributed by atoms with van der Waals surface area (Å²) in [6.07, 6.45) is 4.54. The number of ether oxygens (including phenoxy) is 1. The first-order chi connectivity index (χ1) is 15.9. The number of thioether (sulfide) groups is 1. The lowest BCUT2D eigenvalue weighted by molar-refractivity contribution is -0.122. The van der Waals surface area contributed by atoms with E-state index < -0.39 is 5.97 Å². The van der Waals surface area contributed by atoms with Crippen molar-refractivity contribution >= 4 is 80.4 Å². The minimum Gasteiger partial charge on any atom is -0.465 e. The summed E-state index contributed by atoms with van der Waals surface area (Å²) in [5.74, 6) is -0.526. The average Bonchev–Trinajstić information content (AvgIpc) is 3.06. The summed E-state index contributed by atoms with van der Waals surface area (Å²) in [5, 5.41) is 2.91.